The molecule has 1 aromatic rings. The van der Waals surface area contributed by atoms with Gasteiger partial charge in [0.15, 0.2) is 0 Å². The quantitative estimate of drug-likeness (QED) is 0.841. The average Bonchev–Trinajstić information content (AvgIpc) is 2.46. The van der Waals surface area contributed by atoms with Gasteiger partial charge in [-0.3, -0.25) is 4.90 Å². The largest absolute Gasteiger partial charge is 0.336 e. The topological polar surface area (TPSA) is 57.2 Å². The van der Waals surface area contributed by atoms with Gasteiger partial charge in [0.25, 0.3) is 0 Å². The summed E-state index contributed by atoms with van der Waals surface area (Å²) in [6, 6.07) is 0.664. The first-order valence-corrected chi connectivity index (χ1v) is 7.74. The van der Waals surface area contributed by atoms with Crippen molar-refractivity contribution in [2.24, 2.45) is 0 Å². The molecule has 0 saturated carbocycles. The number of anilines is 1. The normalized spacial score (nSPS) is 21.0. The van der Waals surface area contributed by atoms with Crippen molar-refractivity contribution in [3.05, 3.63) is 11.4 Å². The number of nitrogens with one attached hydrogen (secondary N) is 1. The summed E-state index contributed by atoms with van der Waals surface area (Å²) in [4.78, 5) is 9.50. The highest BCUT2D eigenvalue weighted by Gasteiger charge is 2.34. The van der Waals surface area contributed by atoms with E-state index in [1.807, 2.05) is 0 Å². The molecule has 20 heavy (non-hydrogen) atoms. The molecule has 3 heterocycles. The lowest BCUT2D eigenvalue weighted by Crippen LogP contribution is -2.63. The first kappa shape index (κ1) is 13.7. The van der Waals surface area contributed by atoms with Crippen LogP contribution in [0, 0.1) is 0 Å². The number of hydrogen-bond acceptors (Lipinski definition) is 6. The highest BCUT2D eigenvalue weighted by atomic mass is 15.4. The van der Waals surface area contributed by atoms with E-state index in [9.17, 15) is 0 Å². The second-order valence-electron chi connectivity index (χ2n) is 5.56. The van der Waals surface area contributed by atoms with Crippen molar-refractivity contribution in [1.29, 1.82) is 0 Å². The molecule has 0 aromatic carbocycles. The monoisotopic (exact) mass is 276 g/mol. The molecular formula is C14H24N6. The van der Waals surface area contributed by atoms with Gasteiger partial charge in [0.2, 0.25) is 5.95 Å². The molecule has 110 valence electrons. The third kappa shape index (κ3) is 2.62. The molecule has 1 N–H and O–H groups in total. The second kappa shape index (κ2) is 6.01. The third-order valence-corrected chi connectivity index (χ3v) is 4.31. The van der Waals surface area contributed by atoms with Crippen molar-refractivity contribution < 1.29 is 0 Å². The highest BCUT2D eigenvalue weighted by molar-refractivity contribution is 5.35. The molecule has 0 atom stereocenters. The summed E-state index contributed by atoms with van der Waals surface area (Å²) in [5.41, 5.74) is 2.14. The molecule has 3 rings (SSSR count). The Labute approximate surface area is 120 Å². The van der Waals surface area contributed by atoms with Crippen molar-refractivity contribution in [2.45, 2.75) is 32.7 Å². The van der Waals surface area contributed by atoms with Gasteiger partial charge in [-0.15, -0.1) is 5.10 Å². The maximum atomic E-state index is 4.69. The maximum Gasteiger partial charge on any atom is 0.245 e. The van der Waals surface area contributed by atoms with E-state index in [0.717, 1.165) is 69.4 Å². The van der Waals surface area contributed by atoms with Crippen LogP contribution in [0.5, 0.6) is 0 Å². The summed E-state index contributed by atoms with van der Waals surface area (Å²) in [7, 11) is 0. The van der Waals surface area contributed by atoms with Crippen LogP contribution in [0.15, 0.2) is 0 Å². The molecule has 0 spiro atoms. The number of aromatic nitrogens is 3. The molecule has 2 aliphatic heterocycles. The van der Waals surface area contributed by atoms with E-state index in [1.165, 1.54) is 0 Å². The molecular weight excluding hydrogens is 252 g/mol. The zero-order valence-electron chi connectivity index (χ0n) is 12.5. The third-order valence-electron chi connectivity index (χ3n) is 4.31. The minimum absolute atomic E-state index is 0.664. The summed E-state index contributed by atoms with van der Waals surface area (Å²) in [5.74, 6) is 0.811. The minimum atomic E-state index is 0.664. The van der Waals surface area contributed by atoms with Crippen LogP contribution in [-0.4, -0.2) is 65.4 Å². The first-order valence-electron chi connectivity index (χ1n) is 7.74. The van der Waals surface area contributed by atoms with Crippen LogP contribution in [0.3, 0.4) is 0 Å². The Bertz CT molecular complexity index is 451. The Kier molecular flexibility index (Phi) is 4.12. The molecule has 0 bridgehead atoms. The Hall–Kier alpha value is -1.27. The van der Waals surface area contributed by atoms with Crippen molar-refractivity contribution in [3.8, 4) is 0 Å². The summed E-state index contributed by atoms with van der Waals surface area (Å²) in [6.45, 7) is 10.9. The van der Waals surface area contributed by atoms with Gasteiger partial charge in [0.05, 0.1) is 11.4 Å². The fourth-order valence-electron chi connectivity index (χ4n) is 2.96. The number of nitrogens with zero attached hydrogens (tertiary/aromatic N) is 5. The number of aryl methyl sites for hydroxylation is 2. The van der Waals surface area contributed by atoms with E-state index in [1.54, 1.807) is 0 Å². The fraction of sp³-hybridized carbons (Fsp3) is 0.786. The van der Waals surface area contributed by atoms with Gasteiger partial charge >= 0.3 is 0 Å². The van der Waals surface area contributed by atoms with E-state index in [2.05, 4.69) is 44.1 Å². The number of hydrogen-bond donors (Lipinski definition) is 1. The van der Waals surface area contributed by atoms with Crippen LogP contribution >= 0.6 is 0 Å². The molecule has 6 heteroatoms. The van der Waals surface area contributed by atoms with Gasteiger partial charge in [0, 0.05) is 45.3 Å². The Morgan fingerprint density at radius 2 is 1.75 bits per heavy atom. The smallest absolute Gasteiger partial charge is 0.245 e. The molecule has 0 amide bonds. The van der Waals surface area contributed by atoms with E-state index in [-0.39, 0.29) is 0 Å². The lowest BCUT2D eigenvalue weighted by Gasteiger charge is -2.46. The highest BCUT2D eigenvalue weighted by Crippen LogP contribution is 2.21. The van der Waals surface area contributed by atoms with E-state index >= 15 is 0 Å². The van der Waals surface area contributed by atoms with Gasteiger partial charge in [-0.2, -0.15) is 5.10 Å². The van der Waals surface area contributed by atoms with Gasteiger partial charge < -0.3 is 10.2 Å². The molecule has 0 radical (unpaired) electrons. The van der Waals surface area contributed by atoms with Crippen LogP contribution in [0.4, 0.5) is 5.95 Å². The molecule has 2 saturated heterocycles. The summed E-state index contributed by atoms with van der Waals surface area (Å²) < 4.78 is 0. The van der Waals surface area contributed by atoms with Gasteiger partial charge in [-0.1, -0.05) is 13.8 Å². The molecule has 2 aliphatic rings. The Morgan fingerprint density at radius 1 is 1.05 bits per heavy atom. The molecule has 0 aliphatic carbocycles. The zero-order chi connectivity index (χ0) is 13.9. The second-order valence-corrected chi connectivity index (χ2v) is 5.56. The predicted molar refractivity (Wildman–Crippen MR) is 79.0 cm³/mol. The van der Waals surface area contributed by atoms with Crippen LogP contribution in [-0.2, 0) is 12.8 Å². The molecule has 0 unspecified atom stereocenters. The van der Waals surface area contributed by atoms with Gasteiger partial charge in [0.1, 0.15) is 0 Å². The summed E-state index contributed by atoms with van der Waals surface area (Å²) in [6.07, 6.45) is 1.84. The fourth-order valence-corrected chi connectivity index (χ4v) is 2.96. The Balaban J connectivity index is 1.61. The molecule has 1 aromatic heterocycles. The van der Waals surface area contributed by atoms with Crippen molar-refractivity contribution in [2.75, 3.05) is 44.2 Å². The minimum Gasteiger partial charge on any atom is -0.336 e. The first-order chi connectivity index (χ1) is 9.81. The lowest BCUT2D eigenvalue weighted by molar-refractivity contribution is 0.146. The summed E-state index contributed by atoms with van der Waals surface area (Å²) in [5, 5.41) is 12.0. The van der Waals surface area contributed by atoms with Crippen LogP contribution in [0.25, 0.3) is 0 Å². The zero-order valence-corrected chi connectivity index (χ0v) is 12.5. The van der Waals surface area contributed by atoms with Crippen molar-refractivity contribution in [3.63, 3.8) is 0 Å². The van der Waals surface area contributed by atoms with Crippen molar-refractivity contribution >= 4 is 5.95 Å². The van der Waals surface area contributed by atoms with Crippen LogP contribution in [0.2, 0.25) is 0 Å². The van der Waals surface area contributed by atoms with E-state index < -0.39 is 0 Å². The lowest BCUT2D eigenvalue weighted by atomic mass is 10.1. The van der Waals surface area contributed by atoms with Gasteiger partial charge in [-0.05, 0) is 12.8 Å². The Morgan fingerprint density at radius 3 is 2.40 bits per heavy atom. The van der Waals surface area contributed by atoms with E-state index in [0.29, 0.717) is 6.04 Å². The predicted octanol–water partition coefficient (Wildman–Crippen LogP) is 0.0902. The van der Waals surface area contributed by atoms with Gasteiger partial charge in [-0.25, -0.2) is 4.98 Å². The van der Waals surface area contributed by atoms with Crippen LogP contribution in [0.1, 0.15) is 25.2 Å². The van der Waals surface area contributed by atoms with E-state index in [4.69, 9.17) is 0 Å². The summed E-state index contributed by atoms with van der Waals surface area (Å²) >= 11 is 0. The standard InChI is InChI=1S/C14H24N6/c1-3-12-13(4-2)17-18-14(16-12)20-9-11(10-20)19-7-5-15-6-8-19/h11,15H,3-10H2,1-2H3. The number of piperazine rings is 1. The number of rotatable bonds is 4. The molecule has 2 fully saturated rings. The van der Waals surface area contributed by atoms with Crippen molar-refractivity contribution in [1.82, 2.24) is 25.4 Å². The molecule has 6 nitrogen and oxygen atoms in total. The maximum absolute atomic E-state index is 4.69. The van der Waals surface area contributed by atoms with Crippen LogP contribution < -0.4 is 10.2 Å². The SMILES string of the molecule is CCc1nnc(N2CC(N3CCNCC3)C2)nc1CC. The average molecular weight is 276 g/mol.